The summed E-state index contributed by atoms with van der Waals surface area (Å²) in [5.74, 6) is -0.643. The number of aliphatic hydroxyl groups is 1. The fourth-order valence-corrected chi connectivity index (χ4v) is 2.35. The highest BCUT2D eigenvalue weighted by Crippen LogP contribution is 2.32. The minimum Gasteiger partial charge on any atom is -0.493 e. The number of rotatable bonds is 7. The van der Waals surface area contributed by atoms with Crippen molar-refractivity contribution in [3.8, 4) is 17.5 Å². The van der Waals surface area contributed by atoms with Crippen LogP contribution in [0.1, 0.15) is 11.1 Å². The average Bonchev–Trinajstić information content (AvgIpc) is 3.07. The van der Waals surface area contributed by atoms with Crippen LogP contribution in [0, 0.1) is 15.9 Å². The van der Waals surface area contributed by atoms with Gasteiger partial charge in [-0.15, -0.1) is 4.68 Å². The molecule has 10 heteroatoms. The van der Waals surface area contributed by atoms with Crippen molar-refractivity contribution in [2.75, 3.05) is 7.11 Å². The van der Waals surface area contributed by atoms with Gasteiger partial charge in [-0.3, -0.25) is 0 Å². The van der Waals surface area contributed by atoms with Crippen LogP contribution in [-0.4, -0.2) is 31.9 Å². The molecule has 0 unspecified atom stereocenters. The van der Waals surface area contributed by atoms with E-state index in [1.807, 2.05) is 0 Å². The summed E-state index contributed by atoms with van der Waals surface area (Å²) in [6.07, 6.45) is 0. The topological polar surface area (TPSA) is 113 Å². The molecule has 0 radical (unpaired) electrons. The van der Waals surface area contributed by atoms with Gasteiger partial charge in [0.15, 0.2) is 11.5 Å². The molecule has 0 saturated carbocycles. The molecule has 1 heterocycles. The highest BCUT2D eigenvalue weighted by Gasteiger charge is 2.25. The van der Waals surface area contributed by atoms with Crippen LogP contribution in [0.5, 0.6) is 17.5 Å². The zero-order valence-electron chi connectivity index (χ0n) is 14.2. The fourth-order valence-electron chi connectivity index (χ4n) is 2.35. The van der Waals surface area contributed by atoms with E-state index in [2.05, 4.69) is 10.1 Å². The summed E-state index contributed by atoms with van der Waals surface area (Å²) in [6, 6.07) is 10.5. The Balaban J connectivity index is 1.97. The van der Waals surface area contributed by atoms with Gasteiger partial charge in [0.2, 0.25) is 0 Å². The molecule has 1 N–H and O–H groups in total. The van der Waals surface area contributed by atoms with Crippen molar-refractivity contribution in [1.29, 1.82) is 0 Å². The highest BCUT2D eigenvalue weighted by atomic mass is 19.1. The number of hydrogen-bond acceptors (Lipinski definition) is 7. The van der Waals surface area contributed by atoms with Crippen molar-refractivity contribution in [2.24, 2.45) is 0 Å². The SMILES string of the molecule is COc1cc(CO)ccc1Oc1nc([N+](=O)[O-])nn1Cc1ccccc1F. The van der Waals surface area contributed by atoms with Crippen molar-refractivity contribution in [2.45, 2.75) is 13.2 Å². The van der Waals surface area contributed by atoms with Crippen LogP contribution in [0.15, 0.2) is 42.5 Å². The first-order valence-corrected chi connectivity index (χ1v) is 7.80. The summed E-state index contributed by atoms with van der Waals surface area (Å²) < 4.78 is 25.8. The van der Waals surface area contributed by atoms with Crippen molar-refractivity contribution < 1.29 is 23.9 Å². The van der Waals surface area contributed by atoms with Crippen LogP contribution in [0.2, 0.25) is 0 Å². The van der Waals surface area contributed by atoms with E-state index < -0.39 is 16.7 Å². The van der Waals surface area contributed by atoms with E-state index >= 15 is 0 Å². The Morgan fingerprint density at radius 3 is 2.70 bits per heavy atom. The van der Waals surface area contributed by atoms with Crippen LogP contribution in [0.4, 0.5) is 10.3 Å². The monoisotopic (exact) mass is 374 g/mol. The Bertz CT molecular complexity index is 976. The molecule has 140 valence electrons. The molecule has 3 rings (SSSR count). The molecule has 0 atom stereocenters. The Kier molecular flexibility index (Phi) is 5.27. The van der Waals surface area contributed by atoms with E-state index in [0.717, 1.165) is 4.68 Å². The smallest absolute Gasteiger partial charge is 0.493 e. The van der Waals surface area contributed by atoms with Gasteiger partial charge in [-0.25, -0.2) is 4.39 Å². The Hall–Kier alpha value is -3.53. The molecule has 9 nitrogen and oxygen atoms in total. The summed E-state index contributed by atoms with van der Waals surface area (Å²) in [4.78, 5) is 14.0. The summed E-state index contributed by atoms with van der Waals surface area (Å²) in [7, 11) is 1.41. The maximum absolute atomic E-state index is 13.9. The molecule has 27 heavy (non-hydrogen) atoms. The van der Waals surface area contributed by atoms with Gasteiger partial charge >= 0.3 is 12.0 Å². The van der Waals surface area contributed by atoms with Crippen LogP contribution >= 0.6 is 0 Å². The van der Waals surface area contributed by atoms with Gasteiger partial charge in [0.1, 0.15) is 5.82 Å². The molecule has 0 saturated heterocycles. The van der Waals surface area contributed by atoms with E-state index in [9.17, 15) is 19.6 Å². The summed E-state index contributed by atoms with van der Waals surface area (Å²) in [5, 5.41) is 24.0. The maximum Gasteiger partial charge on any atom is 0.494 e. The quantitative estimate of drug-likeness (QED) is 0.500. The van der Waals surface area contributed by atoms with Gasteiger partial charge < -0.3 is 24.7 Å². The molecular formula is C17H15FN4O5. The zero-order chi connectivity index (χ0) is 19.4. The van der Waals surface area contributed by atoms with Crippen molar-refractivity contribution >= 4 is 5.95 Å². The van der Waals surface area contributed by atoms with Crippen LogP contribution in [0.25, 0.3) is 0 Å². The molecule has 0 amide bonds. The van der Waals surface area contributed by atoms with Crippen molar-refractivity contribution in [3.63, 3.8) is 0 Å². The van der Waals surface area contributed by atoms with E-state index in [1.165, 1.54) is 31.4 Å². The van der Waals surface area contributed by atoms with E-state index in [0.29, 0.717) is 11.3 Å². The van der Waals surface area contributed by atoms with Gasteiger partial charge in [-0.05, 0) is 33.7 Å². The first-order valence-electron chi connectivity index (χ1n) is 7.80. The number of nitro groups is 1. The normalized spacial score (nSPS) is 10.6. The van der Waals surface area contributed by atoms with Crippen LogP contribution in [0.3, 0.4) is 0 Å². The van der Waals surface area contributed by atoms with Gasteiger partial charge in [-0.1, -0.05) is 24.3 Å². The lowest BCUT2D eigenvalue weighted by atomic mass is 10.2. The lowest BCUT2D eigenvalue weighted by Gasteiger charge is -2.09. The first-order chi connectivity index (χ1) is 13.0. The van der Waals surface area contributed by atoms with E-state index in [-0.39, 0.29) is 30.5 Å². The standard InChI is InChI=1S/C17H15FN4O5/c1-26-15-8-11(10-23)6-7-14(15)27-17-19-16(22(24)25)20-21(17)9-12-4-2-3-5-13(12)18/h2-8,23H,9-10H2,1H3. The molecule has 1 aromatic heterocycles. The minimum absolute atomic E-state index is 0.111. The second-order valence-corrected chi connectivity index (χ2v) is 5.45. The predicted molar refractivity (Wildman–Crippen MR) is 91.2 cm³/mol. The number of hydrogen-bond donors (Lipinski definition) is 1. The number of aromatic nitrogens is 3. The van der Waals surface area contributed by atoms with Gasteiger partial charge in [0, 0.05) is 10.7 Å². The first kappa shape index (κ1) is 18.3. The largest absolute Gasteiger partial charge is 0.494 e. The van der Waals surface area contributed by atoms with Gasteiger partial charge in [0.05, 0.1) is 20.3 Å². The predicted octanol–water partition coefficient (Wildman–Crippen LogP) is 2.67. The lowest BCUT2D eigenvalue weighted by Crippen LogP contribution is -2.06. The second kappa shape index (κ2) is 7.79. The Morgan fingerprint density at radius 1 is 1.26 bits per heavy atom. The molecule has 0 bridgehead atoms. The van der Waals surface area contributed by atoms with Crippen LogP contribution < -0.4 is 9.47 Å². The maximum atomic E-state index is 13.9. The van der Waals surface area contributed by atoms with Gasteiger partial charge in [0.25, 0.3) is 0 Å². The third-order valence-electron chi connectivity index (χ3n) is 3.68. The molecule has 0 fully saturated rings. The number of nitrogens with zero attached hydrogens (tertiary/aromatic N) is 4. The molecule has 0 spiro atoms. The molecule has 0 aliphatic rings. The van der Waals surface area contributed by atoms with Crippen molar-refractivity contribution in [3.05, 3.63) is 69.5 Å². The summed E-state index contributed by atoms with van der Waals surface area (Å²) in [5.41, 5.74) is 0.864. The third-order valence-corrected chi connectivity index (χ3v) is 3.68. The minimum atomic E-state index is -0.767. The molecule has 0 aliphatic heterocycles. The molecular weight excluding hydrogens is 359 g/mol. The third kappa shape index (κ3) is 4.01. The lowest BCUT2D eigenvalue weighted by molar-refractivity contribution is -0.394. The van der Waals surface area contributed by atoms with Crippen molar-refractivity contribution in [1.82, 2.24) is 14.8 Å². The van der Waals surface area contributed by atoms with Gasteiger partial charge in [-0.2, -0.15) is 0 Å². The molecule has 0 aliphatic carbocycles. The number of benzene rings is 2. The van der Waals surface area contributed by atoms with Crippen LogP contribution in [-0.2, 0) is 13.2 Å². The number of halogens is 1. The van der Waals surface area contributed by atoms with E-state index in [4.69, 9.17) is 9.47 Å². The molecule has 3 aromatic rings. The second-order valence-electron chi connectivity index (χ2n) is 5.45. The number of ether oxygens (including phenoxy) is 2. The van der Waals surface area contributed by atoms with E-state index in [1.54, 1.807) is 18.2 Å². The Morgan fingerprint density at radius 2 is 2.04 bits per heavy atom. The highest BCUT2D eigenvalue weighted by molar-refractivity contribution is 5.44. The number of aliphatic hydroxyl groups excluding tert-OH is 1. The molecule has 2 aromatic carbocycles. The fraction of sp³-hybridized carbons (Fsp3) is 0.176. The average molecular weight is 374 g/mol. The Labute approximate surface area is 152 Å². The zero-order valence-corrected chi connectivity index (χ0v) is 14.2. The summed E-state index contributed by atoms with van der Waals surface area (Å²) in [6.45, 7) is -0.300. The summed E-state index contributed by atoms with van der Waals surface area (Å²) >= 11 is 0. The number of methoxy groups -OCH3 is 1.